The Bertz CT molecular complexity index is 1500. The van der Waals surface area contributed by atoms with E-state index in [1.807, 2.05) is 30.9 Å². The molecule has 6 rings (SSSR count). The van der Waals surface area contributed by atoms with Crippen LogP contribution in [-0.2, 0) is 7.05 Å². The summed E-state index contributed by atoms with van der Waals surface area (Å²) in [5.41, 5.74) is 2.45. The van der Waals surface area contributed by atoms with Crippen molar-refractivity contribution in [3.63, 3.8) is 0 Å². The fourth-order valence-corrected chi connectivity index (χ4v) is 4.44. The van der Waals surface area contributed by atoms with Crippen LogP contribution in [0.1, 0.15) is 31.0 Å². The molecule has 0 bridgehead atoms. The van der Waals surface area contributed by atoms with E-state index < -0.39 is 0 Å². The van der Waals surface area contributed by atoms with E-state index in [4.69, 9.17) is 4.98 Å². The molecule has 34 heavy (non-hydrogen) atoms. The SMILES string of the molecule is CC[C@H]1c2nnc(C)n2-c2cnc(-n3ccnc3-c3ccc(F)cc3)nc2N1c1cnn(C)c1. The summed E-state index contributed by atoms with van der Waals surface area (Å²) < 4.78 is 19.0. The van der Waals surface area contributed by atoms with Gasteiger partial charge in [-0.15, -0.1) is 10.2 Å². The van der Waals surface area contributed by atoms with Crippen LogP contribution in [0, 0.1) is 12.7 Å². The molecule has 11 heteroatoms. The number of aryl methyl sites for hydroxylation is 2. The Labute approximate surface area is 194 Å². The molecule has 4 aromatic heterocycles. The summed E-state index contributed by atoms with van der Waals surface area (Å²) in [6.45, 7) is 4.03. The van der Waals surface area contributed by atoms with Crippen molar-refractivity contribution in [2.24, 2.45) is 7.05 Å². The van der Waals surface area contributed by atoms with Crippen LogP contribution < -0.4 is 4.90 Å². The van der Waals surface area contributed by atoms with Crippen LogP contribution in [0.4, 0.5) is 15.9 Å². The standard InChI is InChI=1S/C23H21FN10/c1-4-18-22-30-29-14(2)33(22)19-12-26-23(28-21(19)34(18)17-11-27-31(3)13-17)32-10-9-25-20(32)15-5-7-16(24)8-6-15/h5-13,18H,4H2,1-3H3/t18-/m0/s1. The lowest BCUT2D eigenvalue weighted by molar-refractivity contribution is 0.586. The van der Waals surface area contributed by atoms with Gasteiger partial charge in [0.25, 0.3) is 0 Å². The van der Waals surface area contributed by atoms with E-state index in [1.54, 1.807) is 40.0 Å². The largest absolute Gasteiger partial charge is 0.311 e. The quantitative estimate of drug-likeness (QED) is 0.407. The number of anilines is 2. The predicted octanol–water partition coefficient (Wildman–Crippen LogP) is 3.69. The van der Waals surface area contributed by atoms with Crippen LogP contribution in [0.5, 0.6) is 0 Å². The molecule has 5 aromatic rings. The zero-order chi connectivity index (χ0) is 23.4. The summed E-state index contributed by atoms with van der Waals surface area (Å²) in [4.78, 5) is 16.2. The third kappa shape index (κ3) is 3.00. The normalized spacial score (nSPS) is 14.8. The summed E-state index contributed by atoms with van der Waals surface area (Å²) >= 11 is 0. The molecule has 5 heterocycles. The van der Waals surface area contributed by atoms with Gasteiger partial charge in [0.15, 0.2) is 11.6 Å². The molecule has 0 saturated carbocycles. The summed E-state index contributed by atoms with van der Waals surface area (Å²) in [5, 5.41) is 13.2. The van der Waals surface area contributed by atoms with E-state index in [2.05, 4.69) is 37.1 Å². The summed E-state index contributed by atoms with van der Waals surface area (Å²) in [6, 6.07) is 6.12. The third-order valence-electron chi connectivity index (χ3n) is 5.98. The molecule has 1 aromatic carbocycles. The number of hydrogen-bond acceptors (Lipinski definition) is 7. The maximum atomic E-state index is 13.5. The second kappa shape index (κ2) is 7.58. The maximum Gasteiger partial charge on any atom is 0.237 e. The lowest BCUT2D eigenvalue weighted by atomic mass is 10.1. The molecule has 0 fully saturated rings. The molecule has 0 unspecified atom stereocenters. The van der Waals surface area contributed by atoms with Gasteiger partial charge in [0.2, 0.25) is 5.95 Å². The van der Waals surface area contributed by atoms with E-state index in [-0.39, 0.29) is 11.9 Å². The molecular weight excluding hydrogens is 435 g/mol. The van der Waals surface area contributed by atoms with Gasteiger partial charge < -0.3 is 4.90 Å². The van der Waals surface area contributed by atoms with Crippen molar-refractivity contribution in [1.29, 1.82) is 0 Å². The highest BCUT2D eigenvalue weighted by Crippen LogP contribution is 2.43. The van der Waals surface area contributed by atoms with Crippen molar-refractivity contribution < 1.29 is 4.39 Å². The van der Waals surface area contributed by atoms with Gasteiger partial charge in [0.05, 0.1) is 24.1 Å². The van der Waals surface area contributed by atoms with Crippen LogP contribution in [0.3, 0.4) is 0 Å². The first-order chi connectivity index (χ1) is 16.5. The lowest BCUT2D eigenvalue weighted by Crippen LogP contribution is -2.32. The second-order valence-electron chi connectivity index (χ2n) is 8.11. The van der Waals surface area contributed by atoms with Gasteiger partial charge in [-0.3, -0.25) is 13.8 Å². The van der Waals surface area contributed by atoms with Crippen LogP contribution in [0.25, 0.3) is 23.0 Å². The van der Waals surface area contributed by atoms with Crippen molar-refractivity contribution in [1.82, 2.24) is 44.1 Å². The molecule has 10 nitrogen and oxygen atoms in total. The van der Waals surface area contributed by atoms with Crippen LogP contribution in [0.2, 0.25) is 0 Å². The Morgan fingerprint density at radius 1 is 1.06 bits per heavy atom. The Morgan fingerprint density at radius 3 is 2.62 bits per heavy atom. The molecular formula is C23H21FN10. The Balaban J connectivity index is 1.55. The van der Waals surface area contributed by atoms with E-state index in [0.717, 1.165) is 40.8 Å². The number of halogens is 1. The number of imidazole rings is 1. The fourth-order valence-electron chi connectivity index (χ4n) is 4.44. The van der Waals surface area contributed by atoms with Crippen molar-refractivity contribution in [3.05, 3.63) is 72.7 Å². The van der Waals surface area contributed by atoms with Gasteiger partial charge in [0.1, 0.15) is 23.2 Å². The molecule has 0 saturated heterocycles. The van der Waals surface area contributed by atoms with Crippen molar-refractivity contribution >= 4 is 11.5 Å². The van der Waals surface area contributed by atoms with E-state index in [0.29, 0.717) is 11.8 Å². The number of fused-ring (bicyclic) bond motifs is 3. The average molecular weight is 456 g/mol. The van der Waals surface area contributed by atoms with Gasteiger partial charge in [-0.05, 0) is 37.6 Å². The highest BCUT2D eigenvalue weighted by Gasteiger charge is 2.36. The first-order valence-electron chi connectivity index (χ1n) is 10.9. The summed E-state index contributed by atoms with van der Waals surface area (Å²) in [5.74, 6) is 3.10. The smallest absolute Gasteiger partial charge is 0.237 e. The van der Waals surface area contributed by atoms with Crippen molar-refractivity contribution in [2.75, 3.05) is 4.90 Å². The van der Waals surface area contributed by atoms with E-state index >= 15 is 0 Å². The second-order valence-corrected chi connectivity index (χ2v) is 8.11. The molecule has 0 N–H and O–H groups in total. The minimum atomic E-state index is -0.301. The lowest BCUT2D eigenvalue weighted by Gasteiger charge is -2.36. The molecule has 0 radical (unpaired) electrons. The average Bonchev–Trinajstić information content (AvgIpc) is 3.58. The summed E-state index contributed by atoms with van der Waals surface area (Å²) in [6.07, 6.45) is 9.81. The Morgan fingerprint density at radius 2 is 1.88 bits per heavy atom. The van der Waals surface area contributed by atoms with Crippen LogP contribution in [0.15, 0.2) is 55.2 Å². The minimum Gasteiger partial charge on any atom is -0.311 e. The number of benzene rings is 1. The Hall–Kier alpha value is -4.41. The van der Waals surface area contributed by atoms with Crippen molar-refractivity contribution in [3.8, 4) is 23.0 Å². The van der Waals surface area contributed by atoms with Gasteiger partial charge in [0, 0.05) is 31.2 Å². The zero-order valence-electron chi connectivity index (χ0n) is 18.8. The minimum absolute atomic E-state index is 0.0833. The number of nitrogens with zero attached hydrogens (tertiary/aromatic N) is 10. The van der Waals surface area contributed by atoms with Crippen LogP contribution in [-0.4, -0.2) is 44.1 Å². The van der Waals surface area contributed by atoms with Crippen LogP contribution >= 0.6 is 0 Å². The van der Waals surface area contributed by atoms with E-state index in [1.165, 1.54) is 12.1 Å². The fraction of sp³-hybridized carbons (Fsp3) is 0.217. The van der Waals surface area contributed by atoms with Gasteiger partial charge in [-0.2, -0.15) is 10.1 Å². The molecule has 0 amide bonds. The summed E-state index contributed by atoms with van der Waals surface area (Å²) in [7, 11) is 1.88. The molecule has 170 valence electrons. The number of hydrogen-bond donors (Lipinski definition) is 0. The van der Waals surface area contributed by atoms with Gasteiger partial charge in [-0.25, -0.2) is 14.4 Å². The maximum absolute atomic E-state index is 13.5. The first-order valence-corrected chi connectivity index (χ1v) is 10.9. The van der Waals surface area contributed by atoms with E-state index in [9.17, 15) is 4.39 Å². The third-order valence-corrected chi connectivity index (χ3v) is 5.98. The number of rotatable bonds is 4. The number of aromatic nitrogens is 9. The highest BCUT2D eigenvalue weighted by molar-refractivity contribution is 5.71. The first kappa shape index (κ1) is 20.2. The highest BCUT2D eigenvalue weighted by atomic mass is 19.1. The molecule has 1 atom stereocenters. The zero-order valence-corrected chi connectivity index (χ0v) is 18.8. The predicted molar refractivity (Wildman–Crippen MR) is 123 cm³/mol. The monoisotopic (exact) mass is 456 g/mol. The molecule has 1 aliphatic heterocycles. The molecule has 0 aliphatic carbocycles. The Kier molecular flexibility index (Phi) is 4.51. The molecule has 1 aliphatic rings. The van der Waals surface area contributed by atoms with Gasteiger partial charge >= 0.3 is 0 Å². The molecule has 0 spiro atoms. The van der Waals surface area contributed by atoms with Crippen molar-refractivity contribution in [2.45, 2.75) is 26.3 Å². The topological polar surface area (TPSA) is 95.4 Å². The van der Waals surface area contributed by atoms with Gasteiger partial charge in [-0.1, -0.05) is 6.92 Å².